The van der Waals surface area contributed by atoms with Crippen molar-refractivity contribution in [2.45, 2.75) is 6.92 Å². The van der Waals surface area contributed by atoms with Crippen molar-refractivity contribution in [2.75, 3.05) is 17.2 Å². The van der Waals surface area contributed by atoms with Gasteiger partial charge in [-0.1, -0.05) is 39.7 Å². The van der Waals surface area contributed by atoms with Crippen LogP contribution in [-0.4, -0.2) is 12.5 Å². The number of benzene rings is 2. The monoisotopic (exact) mass is 352 g/mol. The van der Waals surface area contributed by atoms with Gasteiger partial charge in [0.1, 0.15) is 0 Å². The van der Waals surface area contributed by atoms with Crippen LogP contribution in [0.4, 0.5) is 11.4 Å². The normalized spacial score (nSPS) is 10.3. The van der Waals surface area contributed by atoms with Crippen molar-refractivity contribution in [3.05, 3.63) is 57.5 Å². The maximum Gasteiger partial charge on any atom is 0.259 e. The van der Waals surface area contributed by atoms with Crippen LogP contribution in [0.2, 0.25) is 5.02 Å². The van der Waals surface area contributed by atoms with Gasteiger partial charge in [-0.3, -0.25) is 4.79 Å². The highest BCUT2D eigenvalue weighted by atomic mass is 79.9. The first kappa shape index (κ1) is 14.9. The number of hydrogen-bond acceptors (Lipinski definition) is 2. The molecule has 3 nitrogen and oxygen atoms in total. The van der Waals surface area contributed by atoms with Crippen LogP contribution in [-0.2, 0) is 0 Å². The molecule has 0 bridgehead atoms. The van der Waals surface area contributed by atoms with Gasteiger partial charge in [0.05, 0.1) is 22.0 Å². The fourth-order valence-electron chi connectivity index (χ4n) is 1.97. The zero-order valence-electron chi connectivity index (χ0n) is 10.9. The van der Waals surface area contributed by atoms with E-state index >= 15 is 0 Å². The van der Waals surface area contributed by atoms with Crippen LogP contribution in [0.5, 0.6) is 0 Å². The van der Waals surface area contributed by atoms with Gasteiger partial charge < -0.3 is 10.6 Å². The molecule has 0 spiro atoms. The first-order valence-electron chi connectivity index (χ1n) is 6.16. The summed E-state index contributed by atoms with van der Waals surface area (Å²) in [4.78, 5) is 14.2. The lowest BCUT2D eigenvalue weighted by molar-refractivity contribution is 0.0988. The summed E-state index contributed by atoms with van der Waals surface area (Å²) in [6.45, 7) is 2.41. The van der Waals surface area contributed by atoms with Crippen molar-refractivity contribution >= 4 is 44.8 Å². The quantitative estimate of drug-likeness (QED) is 0.834. The van der Waals surface area contributed by atoms with Gasteiger partial charge in [0.2, 0.25) is 0 Å². The van der Waals surface area contributed by atoms with Crippen molar-refractivity contribution < 1.29 is 4.79 Å². The number of hydrogen-bond donors (Lipinski definition) is 1. The number of anilines is 2. The van der Waals surface area contributed by atoms with Crippen molar-refractivity contribution in [1.29, 1.82) is 0 Å². The first-order chi connectivity index (χ1) is 9.54. The van der Waals surface area contributed by atoms with Gasteiger partial charge in [0.25, 0.3) is 5.91 Å². The Labute approximate surface area is 131 Å². The number of halogens is 2. The van der Waals surface area contributed by atoms with E-state index in [1.165, 1.54) is 0 Å². The maximum atomic E-state index is 12.6. The molecule has 0 unspecified atom stereocenters. The molecule has 0 heterocycles. The van der Waals surface area contributed by atoms with Crippen LogP contribution in [0.1, 0.15) is 17.3 Å². The molecule has 0 saturated carbocycles. The number of para-hydroxylation sites is 2. The average molecular weight is 354 g/mol. The van der Waals surface area contributed by atoms with Crippen LogP contribution in [0.3, 0.4) is 0 Å². The average Bonchev–Trinajstić information content (AvgIpc) is 2.41. The molecule has 1 amide bonds. The van der Waals surface area contributed by atoms with Crippen LogP contribution >= 0.6 is 27.5 Å². The summed E-state index contributed by atoms with van der Waals surface area (Å²) in [6, 6.07) is 12.5. The van der Waals surface area contributed by atoms with Crippen molar-refractivity contribution in [3.63, 3.8) is 0 Å². The minimum absolute atomic E-state index is 0.164. The highest BCUT2D eigenvalue weighted by Crippen LogP contribution is 2.27. The molecule has 0 atom stereocenters. The zero-order chi connectivity index (χ0) is 14.7. The minimum Gasteiger partial charge on any atom is -0.397 e. The van der Waals surface area contributed by atoms with E-state index in [0.717, 1.165) is 4.47 Å². The molecule has 0 aliphatic carbocycles. The van der Waals surface area contributed by atoms with Gasteiger partial charge in [0, 0.05) is 11.0 Å². The predicted molar refractivity (Wildman–Crippen MR) is 87.4 cm³/mol. The van der Waals surface area contributed by atoms with E-state index in [1.54, 1.807) is 29.2 Å². The maximum absolute atomic E-state index is 12.6. The summed E-state index contributed by atoms with van der Waals surface area (Å²) in [5, 5.41) is 0.414. The zero-order valence-corrected chi connectivity index (χ0v) is 13.3. The summed E-state index contributed by atoms with van der Waals surface area (Å²) in [5.41, 5.74) is 7.66. The molecule has 2 rings (SSSR count). The van der Waals surface area contributed by atoms with Gasteiger partial charge in [0.15, 0.2) is 0 Å². The third-order valence-corrected chi connectivity index (χ3v) is 3.76. The third-order valence-electron chi connectivity index (χ3n) is 2.95. The van der Waals surface area contributed by atoms with Gasteiger partial charge >= 0.3 is 0 Å². The topological polar surface area (TPSA) is 46.3 Å². The van der Waals surface area contributed by atoms with Crippen LogP contribution in [0.25, 0.3) is 0 Å². The summed E-state index contributed by atoms with van der Waals surface area (Å²) < 4.78 is 0.835. The smallest absolute Gasteiger partial charge is 0.259 e. The predicted octanol–water partition coefficient (Wildman–Crippen LogP) is 4.35. The lowest BCUT2D eigenvalue weighted by Gasteiger charge is -2.23. The molecule has 5 heteroatoms. The molecule has 2 aromatic rings. The Kier molecular flexibility index (Phi) is 4.68. The number of carbonyl (C=O) groups excluding carboxylic acids is 1. The molecule has 20 heavy (non-hydrogen) atoms. The van der Waals surface area contributed by atoms with E-state index in [0.29, 0.717) is 28.5 Å². The first-order valence-corrected chi connectivity index (χ1v) is 7.33. The van der Waals surface area contributed by atoms with Gasteiger partial charge in [-0.05, 0) is 37.3 Å². The lowest BCUT2D eigenvalue weighted by Crippen LogP contribution is -2.31. The number of nitrogens with two attached hydrogens (primary N) is 1. The molecule has 2 N–H and O–H groups in total. The van der Waals surface area contributed by atoms with E-state index in [9.17, 15) is 4.79 Å². The standard InChI is InChI=1S/C15H14BrClN2O/c1-2-19(14-6-4-3-5-13(14)18)15(20)11-8-7-10(16)9-12(11)17/h3-9H,2,18H2,1H3. The van der Waals surface area contributed by atoms with Gasteiger partial charge in [-0.2, -0.15) is 0 Å². The molecule has 0 aliphatic rings. The molecular weight excluding hydrogens is 340 g/mol. The Bertz CT molecular complexity index is 646. The summed E-state index contributed by atoms with van der Waals surface area (Å²) in [5.74, 6) is -0.164. The number of carbonyl (C=O) groups is 1. The minimum atomic E-state index is -0.164. The van der Waals surface area contributed by atoms with Gasteiger partial charge in [-0.25, -0.2) is 0 Å². The number of nitrogen functional groups attached to an aromatic ring is 1. The van der Waals surface area contributed by atoms with Crippen LogP contribution in [0.15, 0.2) is 46.9 Å². The Morgan fingerprint density at radius 2 is 2.00 bits per heavy atom. The number of rotatable bonds is 3. The Hall–Kier alpha value is -1.52. The van der Waals surface area contributed by atoms with E-state index in [2.05, 4.69) is 15.9 Å². The largest absolute Gasteiger partial charge is 0.397 e. The molecule has 0 radical (unpaired) electrons. The number of amides is 1. The Morgan fingerprint density at radius 1 is 1.30 bits per heavy atom. The Morgan fingerprint density at radius 3 is 2.60 bits per heavy atom. The fourth-order valence-corrected chi connectivity index (χ4v) is 2.72. The molecule has 0 fully saturated rings. The second kappa shape index (κ2) is 6.29. The summed E-state index contributed by atoms with van der Waals surface area (Å²) >= 11 is 9.47. The van der Waals surface area contributed by atoms with E-state index in [4.69, 9.17) is 17.3 Å². The molecule has 0 aromatic heterocycles. The molecule has 0 saturated heterocycles. The summed E-state index contributed by atoms with van der Waals surface area (Å²) in [6.07, 6.45) is 0. The van der Waals surface area contributed by atoms with Gasteiger partial charge in [-0.15, -0.1) is 0 Å². The van der Waals surface area contributed by atoms with Crippen LogP contribution in [0, 0.1) is 0 Å². The summed E-state index contributed by atoms with van der Waals surface area (Å²) in [7, 11) is 0. The van der Waals surface area contributed by atoms with Crippen LogP contribution < -0.4 is 10.6 Å². The van der Waals surface area contributed by atoms with Crippen molar-refractivity contribution in [3.8, 4) is 0 Å². The molecule has 2 aromatic carbocycles. The SMILES string of the molecule is CCN(C(=O)c1ccc(Br)cc1Cl)c1ccccc1N. The van der Waals surface area contributed by atoms with E-state index < -0.39 is 0 Å². The Balaban J connectivity index is 2.42. The molecule has 104 valence electrons. The second-order valence-electron chi connectivity index (χ2n) is 4.23. The van der Waals surface area contributed by atoms with E-state index in [1.807, 2.05) is 25.1 Å². The third kappa shape index (κ3) is 2.97. The highest BCUT2D eigenvalue weighted by Gasteiger charge is 2.20. The van der Waals surface area contributed by atoms with Crippen molar-refractivity contribution in [2.24, 2.45) is 0 Å². The fraction of sp³-hybridized carbons (Fsp3) is 0.133. The molecular formula is C15H14BrClN2O. The van der Waals surface area contributed by atoms with E-state index in [-0.39, 0.29) is 5.91 Å². The molecule has 0 aliphatic heterocycles. The number of nitrogens with zero attached hydrogens (tertiary/aromatic N) is 1. The highest BCUT2D eigenvalue weighted by molar-refractivity contribution is 9.10. The second-order valence-corrected chi connectivity index (χ2v) is 5.56. The van der Waals surface area contributed by atoms with Crippen molar-refractivity contribution in [1.82, 2.24) is 0 Å². The lowest BCUT2D eigenvalue weighted by atomic mass is 10.1.